The van der Waals surface area contributed by atoms with Crippen LogP contribution in [0.4, 0.5) is 0 Å². The molecule has 0 aliphatic heterocycles. The summed E-state index contributed by atoms with van der Waals surface area (Å²) in [5.41, 5.74) is 6.00. The number of hydrogen-bond donors (Lipinski definition) is 1. The van der Waals surface area contributed by atoms with Gasteiger partial charge in [0.05, 0.1) is 0 Å². The van der Waals surface area contributed by atoms with Crippen LogP contribution in [0.1, 0.15) is 58.8 Å². The second-order valence-electron chi connectivity index (χ2n) is 5.22. The van der Waals surface area contributed by atoms with Gasteiger partial charge in [-0.3, -0.25) is 4.79 Å². The third kappa shape index (κ3) is 3.79. The number of ketones is 1. The number of carbonyl (C=O) groups excluding carboxylic acids is 1. The fourth-order valence-corrected chi connectivity index (χ4v) is 2.19. The molecule has 2 heteroatoms. The SMILES string of the molecule is CC(C)CCC(=O)CC1(N)CCCC1. The Labute approximate surface area is 87.2 Å². The molecule has 0 atom stereocenters. The summed E-state index contributed by atoms with van der Waals surface area (Å²) in [5, 5.41) is 0. The summed E-state index contributed by atoms with van der Waals surface area (Å²) < 4.78 is 0. The number of hydrogen-bond acceptors (Lipinski definition) is 2. The molecule has 2 N–H and O–H groups in total. The van der Waals surface area contributed by atoms with Gasteiger partial charge in [-0.15, -0.1) is 0 Å². The smallest absolute Gasteiger partial charge is 0.134 e. The highest BCUT2D eigenvalue weighted by Crippen LogP contribution is 2.30. The third-order valence-electron chi connectivity index (χ3n) is 3.15. The van der Waals surface area contributed by atoms with Gasteiger partial charge < -0.3 is 5.73 Å². The summed E-state index contributed by atoms with van der Waals surface area (Å²) >= 11 is 0. The van der Waals surface area contributed by atoms with Crippen LogP contribution < -0.4 is 5.73 Å². The van der Waals surface area contributed by atoms with E-state index in [9.17, 15) is 4.79 Å². The second kappa shape index (κ2) is 4.92. The van der Waals surface area contributed by atoms with Gasteiger partial charge in [-0.25, -0.2) is 0 Å². The highest BCUT2D eigenvalue weighted by atomic mass is 16.1. The van der Waals surface area contributed by atoms with E-state index in [2.05, 4.69) is 13.8 Å². The second-order valence-corrected chi connectivity index (χ2v) is 5.22. The predicted octanol–water partition coefficient (Wildman–Crippen LogP) is 2.65. The maximum Gasteiger partial charge on any atom is 0.134 e. The highest BCUT2D eigenvalue weighted by Gasteiger charge is 2.31. The van der Waals surface area contributed by atoms with E-state index in [0.717, 1.165) is 25.7 Å². The number of carbonyl (C=O) groups is 1. The summed E-state index contributed by atoms with van der Waals surface area (Å²) in [6.07, 6.45) is 6.83. The lowest BCUT2D eigenvalue weighted by atomic mass is 9.90. The Kier molecular flexibility index (Phi) is 4.11. The number of nitrogens with two attached hydrogens (primary N) is 1. The molecule has 1 rings (SSSR count). The van der Waals surface area contributed by atoms with Crippen molar-refractivity contribution in [2.24, 2.45) is 11.7 Å². The summed E-state index contributed by atoms with van der Waals surface area (Å²) in [4.78, 5) is 11.6. The van der Waals surface area contributed by atoms with Crippen LogP contribution in [-0.4, -0.2) is 11.3 Å². The summed E-state index contributed by atoms with van der Waals surface area (Å²) in [7, 11) is 0. The lowest BCUT2D eigenvalue weighted by Gasteiger charge is -2.22. The van der Waals surface area contributed by atoms with Crippen LogP contribution in [-0.2, 0) is 4.79 Å². The van der Waals surface area contributed by atoms with E-state index in [1.165, 1.54) is 12.8 Å². The fourth-order valence-electron chi connectivity index (χ4n) is 2.19. The molecule has 0 aromatic heterocycles. The first-order valence-corrected chi connectivity index (χ1v) is 5.82. The average molecular weight is 197 g/mol. The van der Waals surface area contributed by atoms with Crippen LogP contribution in [0, 0.1) is 5.92 Å². The maximum absolute atomic E-state index is 11.6. The van der Waals surface area contributed by atoms with Gasteiger partial charge in [0.25, 0.3) is 0 Å². The molecule has 1 aliphatic rings. The normalized spacial score (nSPS) is 20.3. The molecule has 0 spiro atoms. The first-order valence-electron chi connectivity index (χ1n) is 5.82. The zero-order valence-corrected chi connectivity index (χ0v) is 9.51. The molecular formula is C12H23NO. The molecule has 1 fully saturated rings. The minimum Gasteiger partial charge on any atom is -0.325 e. The molecule has 1 aliphatic carbocycles. The van der Waals surface area contributed by atoms with Gasteiger partial charge in [-0.1, -0.05) is 26.7 Å². The zero-order chi connectivity index (χ0) is 10.6. The van der Waals surface area contributed by atoms with E-state index in [1.54, 1.807) is 0 Å². The Morgan fingerprint density at radius 2 is 1.93 bits per heavy atom. The van der Waals surface area contributed by atoms with Gasteiger partial charge in [0.2, 0.25) is 0 Å². The first kappa shape index (κ1) is 11.7. The Hall–Kier alpha value is -0.370. The molecule has 0 bridgehead atoms. The Bertz CT molecular complexity index is 192. The van der Waals surface area contributed by atoms with Crippen molar-refractivity contribution in [2.45, 2.75) is 64.3 Å². The van der Waals surface area contributed by atoms with E-state index < -0.39 is 0 Å². The third-order valence-corrected chi connectivity index (χ3v) is 3.15. The van der Waals surface area contributed by atoms with Crippen molar-refractivity contribution in [1.29, 1.82) is 0 Å². The van der Waals surface area contributed by atoms with Crippen LogP contribution >= 0.6 is 0 Å². The van der Waals surface area contributed by atoms with E-state index >= 15 is 0 Å². The summed E-state index contributed by atoms with van der Waals surface area (Å²) in [5.74, 6) is 0.986. The van der Waals surface area contributed by atoms with Crippen LogP contribution in [0.3, 0.4) is 0 Å². The minimum atomic E-state index is -0.145. The molecule has 1 saturated carbocycles. The summed E-state index contributed by atoms with van der Waals surface area (Å²) in [6, 6.07) is 0. The van der Waals surface area contributed by atoms with Gasteiger partial charge in [0.15, 0.2) is 0 Å². The van der Waals surface area contributed by atoms with Crippen molar-refractivity contribution in [1.82, 2.24) is 0 Å². The molecule has 2 nitrogen and oxygen atoms in total. The topological polar surface area (TPSA) is 43.1 Å². The summed E-state index contributed by atoms with van der Waals surface area (Å²) in [6.45, 7) is 4.31. The predicted molar refractivity (Wildman–Crippen MR) is 59.1 cm³/mol. The largest absolute Gasteiger partial charge is 0.325 e. The zero-order valence-electron chi connectivity index (χ0n) is 9.51. The van der Waals surface area contributed by atoms with E-state index in [1.807, 2.05) is 0 Å². The lowest BCUT2D eigenvalue weighted by Crippen LogP contribution is -2.38. The van der Waals surface area contributed by atoms with Crippen molar-refractivity contribution < 1.29 is 4.79 Å². The van der Waals surface area contributed by atoms with Crippen molar-refractivity contribution in [3.63, 3.8) is 0 Å². The Morgan fingerprint density at radius 3 is 2.43 bits per heavy atom. The molecule has 0 unspecified atom stereocenters. The molecule has 0 amide bonds. The van der Waals surface area contributed by atoms with Crippen molar-refractivity contribution in [3.8, 4) is 0 Å². The Balaban J connectivity index is 2.25. The number of Topliss-reactive ketones (excluding diaryl/α,β-unsaturated/α-hetero) is 1. The molecule has 0 saturated heterocycles. The van der Waals surface area contributed by atoms with E-state index in [-0.39, 0.29) is 5.54 Å². The first-order chi connectivity index (χ1) is 6.52. The van der Waals surface area contributed by atoms with Gasteiger partial charge in [0, 0.05) is 18.4 Å². The van der Waals surface area contributed by atoms with Crippen molar-refractivity contribution in [3.05, 3.63) is 0 Å². The molecule has 0 radical (unpaired) electrons. The average Bonchev–Trinajstić information content (AvgIpc) is 2.48. The van der Waals surface area contributed by atoms with Gasteiger partial charge in [-0.2, -0.15) is 0 Å². The molecule has 82 valence electrons. The van der Waals surface area contributed by atoms with Crippen molar-refractivity contribution in [2.75, 3.05) is 0 Å². The monoisotopic (exact) mass is 197 g/mol. The molecule has 0 heterocycles. The number of rotatable bonds is 5. The quantitative estimate of drug-likeness (QED) is 0.736. The molecule has 0 aromatic carbocycles. The maximum atomic E-state index is 11.6. The van der Waals surface area contributed by atoms with Crippen LogP contribution in [0.25, 0.3) is 0 Å². The molecule has 0 aromatic rings. The van der Waals surface area contributed by atoms with Gasteiger partial charge >= 0.3 is 0 Å². The van der Waals surface area contributed by atoms with E-state index in [0.29, 0.717) is 18.1 Å². The van der Waals surface area contributed by atoms with Crippen LogP contribution in [0.15, 0.2) is 0 Å². The van der Waals surface area contributed by atoms with Gasteiger partial charge in [-0.05, 0) is 25.2 Å². The van der Waals surface area contributed by atoms with Crippen molar-refractivity contribution >= 4 is 5.78 Å². The van der Waals surface area contributed by atoms with Crippen LogP contribution in [0.5, 0.6) is 0 Å². The van der Waals surface area contributed by atoms with E-state index in [4.69, 9.17) is 5.73 Å². The minimum absolute atomic E-state index is 0.145. The van der Waals surface area contributed by atoms with Gasteiger partial charge in [0.1, 0.15) is 5.78 Å². The fraction of sp³-hybridized carbons (Fsp3) is 0.917. The van der Waals surface area contributed by atoms with Crippen LogP contribution in [0.2, 0.25) is 0 Å². The Morgan fingerprint density at radius 1 is 1.36 bits per heavy atom. The highest BCUT2D eigenvalue weighted by molar-refractivity contribution is 5.79. The lowest BCUT2D eigenvalue weighted by molar-refractivity contribution is -0.120. The molecular weight excluding hydrogens is 174 g/mol. The standard InChI is InChI=1S/C12H23NO/c1-10(2)5-6-11(14)9-12(13)7-3-4-8-12/h10H,3-9,13H2,1-2H3. The molecule has 14 heavy (non-hydrogen) atoms.